The highest BCUT2D eigenvalue weighted by molar-refractivity contribution is 5.68. The lowest BCUT2D eigenvalue weighted by atomic mass is 10.1. The Balaban J connectivity index is 2.27. The largest absolute Gasteiger partial charge is 0.368 e. The second-order valence-corrected chi connectivity index (χ2v) is 2.79. The fourth-order valence-corrected chi connectivity index (χ4v) is 1.31. The Hall–Kier alpha value is -1.45. The lowest BCUT2D eigenvalue weighted by molar-refractivity contribution is 0.816. The molecular formula is C8H10N4. The molecule has 12 heavy (non-hydrogen) atoms. The summed E-state index contributed by atoms with van der Waals surface area (Å²) in [5.74, 6) is 0.683. The van der Waals surface area contributed by atoms with Crippen LogP contribution in [0.25, 0.3) is 0 Å². The molecule has 0 fully saturated rings. The van der Waals surface area contributed by atoms with Gasteiger partial charge in [0.2, 0.25) is 5.95 Å². The minimum Gasteiger partial charge on any atom is -0.368 e. The van der Waals surface area contributed by atoms with E-state index in [1.807, 2.05) is 12.3 Å². The van der Waals surface area contributed by atoms with Crippen molar-refractivity contribution in [1.82, 2.24) is 9.97 Å². The van der Waals surface area contributed by atoms with E-state index in [1.165, 1.54) is 0 Å². The minimum absolute atomic E-state index is 0.341. The number of rotatable bonds is 1. The number of aromatic nitrogens is 2. The number of aliphatic imine (C=N–C) groups is 1. The monoisotopic (exact) mass is 162 g/mol. The second kappa shape index (κ2) is 2.89. The standard InChI is InChI=1S/C8H10N4/c9-8-11-4-2-7(12-8)6-1-3-10-5-6/h2,4-6H,1,3H2,(H2,9,11,12). The molecule has 0 radical (unpaired) electrons. The molecule has 2 rings (SSSR count). The highest BCUT2D eigenvalue weighted by Gasteiger charge is 2.14. The third-order valence-corrected chi connectivity index (χ3v) is 1.93. The maximum atomic E-state index is 5.46. The zero-order valence-electron chi connectivity index (χ0n) is 6.64. The predicted molar refractivity (Wildman–Crippen MR) is 47.2 cm³/mol. The van der Waals surface area contributed by atoms with Crippen molar-refractivity contribution in [2.75, 3.05) is 12.3 Å². The van der Waals surface area contributed by atoms with Crippen molar-refractivity contribution in [2.24, 2.45) is 4.99 Å². The number of nitrogens with zero attached hydrogens (tertiary/aromatic N) is 3. The molecule has 1 aliphatic heterocycles. The van der Waals surface area contributed by atoms with Crippen LogP contribution in [0.15, 0.2) is 17.3 Å². The van der Waals surface area contributed by atoms with Crippen molar-refractivity contribution in [3.05, 3.63) is 18.0 Å². The van der Waals surface area contributed by atoms with Gasteiger partial charge in [-0.2, -0.15) is 0 Å². The molecule has 0 saturated heterocycles. The van der Waals surface area contributed by atoms with Gasteiger partial charge in [0.15, 0.2) is 0 Å². The number of nitrogen functional groups attached to an aromatic ring is 1. The molecule has 1 atom stereocenters. The van der Waals surface area contributed by atoms with Crippen LogP contribution in [0, 0.1) is 0 Å². The van der Waals surface area contributed by atoms with E-state index in [1.54, 1.807) is 6.20 Å². The summed E-state index contributed by atoms with van der Waals surface area (Å²) in [6.07, 6.45) is 4.65. The van der Waals surface area contributed by atoms with Crippen molar-refractivity contribution >= 4 is 12.2 Å². The normalized spacial score (nSPS) is 21.5. The Morgan fingerprint density at radius 3 is 3.08 bits per heavy atom. The van der Waals surface area contributed by atoms with Gasteiger partial charge in [-0.15, -0.1) is 0 Å². The molecule has 0 bridgehead atoms. The Morgan fingerprint density at radius 2 is 2.42 bits per heavy atom. The van der Waals surface area contributed by atoms with E-state index in [9.17, 15) is 0 Å². The first-order chi connectivity index (χ1) is 5.86. The number of nitrogens with two attached hydrogens (primary N) is 1. The fraction of sp³-hybridized carbons (Fsp3) is 0.375. The van der Waals surface area contributed by atoms with E-state index in [-0.39, 0.29) is 0 Å². The van der Waals surface area contributed by atoms with Gasteiger partial charge in [-0.3, -0.25) is 4.99 Å². The van der Waals surface area contributed by atoms with Gasteiger partial charge in [0.25, 0.3) is 0 Å². The van der Waals surface area contributed by atoms with Gasteiger partial charge in [0.05, 0.1) is 5.69 Å². The van der Waals surface area contributed by atoms with Gasteiger partial charge in [0, 0.05) is 24.9 Å². The number of hydrogen-bond donors (Lipinski definition) is 1. The van der Waals surface area contributed by atoms with Gasteiger partial charge in [-0.25, -0.2) is 9.97 Å². The summed E-state index contributed by atoms with van der Waals surface area (Å²) in [6.45, 7) is 0.897. The maximum absolute atomic E-state index is 5.46. The van der Waals surface area contributed by atoms with Crippen LogP contribution < -0.4 is 5.73 Å². The minimum atomic E-state index is 0.341. The first-order valence-corrected chi connectivity index (χ1v) is 3.94. The summed E-state index contributed by atoms with van der Waals surface area (Å²) >= 11 is 0. The molecule has 0 aliphatic carbocycles. The summed E-state index contributed by atoms with van der Waals surface area (Å²) in [7, 11) is 0. The molecule has 4 nitrogen and oxygen atoms in total. The molecule has 1 aliphatic rings. The van der Waals surface area contributed by atoms with Gasteiger partial charge < -0.3 is 5.73 Å². The molecule has 0 aromatic carbocycles. The van der Waals surface area contributed by atoms with Crippen LogP contribution in [0.1, 0.15) is 18.0 Å². The molecule has 0 saturated carbocycles. The van der Waals surface area contributed by atoms with E-state index >= 15 is 0 Å². The first-order valence-electron chi connectivity index (χ1n) is 3.94. The van der Waals surface area contributed by atoms with Crippen molar-refractivity contribution in [3.63, 3.8) is 0 Å². The molecule has 4 heteroatoms. The summed E-state index contributed by atoms with van der Waals surface area (Å²) in [6, 6.07) is 1.89. The highest BCUT2D eigenvalue weighted by atomic mass is 15.0. The Morgan fingerprint density at radius 1 is 1.50 bits per heavy atom. The average molecular weight is 162 g/mol. The van der Waals surface area contributed by atoms with E-state index in [0.29, 0.717) is 11.9 Å². The smallest absolute Gasteiger partial charge is 0.220 e. The molecule has 1 unspecified atom stereocenters. The predicted octanol–water partition coefficient (Wildman–Crippen LogP) is 0.617. The van der Waals surface area contributed by atoms with Gasteiger partial charge in [-0.05, 0) is 12.5 Å². The Labute approximate surface area is 70.6 Å². The molecular weight excluding hydrogens is 152 g/mol. The van der Waals surface area contributed by atoms with Gasteiger partial charge >= 0.3 is 0 Å². The Kier molecular flexibility index (Phi) is 1.74. The lowest BCUT2D eigenvalue weighted by Gasteiger charge is -2.04. The van der Waals surface area contributed by atoms with Crippen molar-refractivity contribution in [2.45, 2.75) is 12.3 Å². The molecule has 2 N–H and O–H groups in total. The summed E-state index contributed by atoms with van der Waals surface area (Å²) in [5.41, 5.74) is 6.44. The summed E-state index contributed by atoms with van der Waals surface area (Å²) in [5, 5.41) is 0. The molecule has 2 heterocycles. The van der Waals surface area contributed by atoms with E-state index < -0.39 is 0 Å². The molecule has 1 aromatic rings. The van der Waals surface area contributed by atoms with Gasteiger partial charge in [-0.1, -0.05) is 0 Å². The zero-order valence-corrected chi connectivity index (χ0v) is 6.64. The fourth-order valence-electron chi connectivity index (χ4n) is 1.31. The second-order valence-electron chi connectivity index (χ2n) is 2.79. The third kappa shape index (κ3) is 1.28. The van der Waals surface area contributed by atoms with Crippen LogP contribution in [0.4, 0.5) is 5.95 Å². The van der Waals surface area contributed by atoms with Crippen LogP contribution in [0.5, 0.6) is 0 Å². The van der Waals surface area contributed by atoms with E-state index in [4.69, 9.17) is 5.73 Å². The zero-order chi connectivity index (χ0) is 8.39. The lowest BCUT2D eigenvalue weighted by Crippen LogP contribution is -2.03. The third-order valence-electron chi connectivity index (χ3n) is 1.93. The maximum Gasteiger partial charge on any atom is 0.220 e. The van der Waals surface area contributed by atoms with Crippen LogP contribution >= 0.6 is 0 Å². The topological polar surface area (TPSA) is 64.2 Å². The molecule has 1 aromatic heterocycles. The molecule has 0 amide bonds. The van der Waals surface area contributed by atoms with Crippen LogP contribution in [0.2, 0.25) is 0 Å². The van der Waals surface area contributed by atoms with Crippen LogP contribution in [-0.2, 0) is 0 Å². The van der Waals surface area contributed by atoms with Crippen molar-refractivity contribution in [1.29, 1.82) is 0 Å². The van der Waals surface area contributed by atoms with Crippen molar-refractivity contribution in [3.8, 4) is 0 Å². The van der Waals surface area contributed by atoms with Crippen molar-refractivity contribution < 1.29 is 0 Å². The number of anilines is 1. The molecule has 62 valence electrons. The first kappa shape index (κ1) is 7.21. The molecule has 0 spiro atoms. The average Bonchev–Trinajstić information content (AvgIpc) is 2.56. The van der Waals surface area contributed by atoms with E-state index in [0.717, 1.165) is 18.7 Å². The summed E-state index contributed by atoms with van der Waals surface area (Å²) < 4.78 is 0. The SMILES string of the molecule is Nc1nccc(C2C=NCC2)n1. The summed E-state index contributed by atoms with van der Waals surface area (Å²) in [4.78, 5) is 12.1. The van der Waals surface area contributed by atoms with E-state index in [2.05, 4.69) is 15.0 Å². The number of hydrogen-bond acceptors (Lipinski definition) is 4. The Bertz CT molecular complexity index is 308. The van der Waals surface area contributed by atoms with Crippen LogP contribution in [-0.4, -0.2) is 22.7 Å². The highest BCUT2D eigenvalue weighted by Crippen LogP contribution is 2.19. The quantitative estimate of drug-likeness (QED) is 0.658. The van der Waals surface area contributed by atoms with Gasteiger partial charge in [0.1, 0.15) is 0 Å². The van der Waals surface area contributed by atoms with Crippen LogP contribution in [0.3, 0.4) is 0 Å².